The van der Waals surface area contributed by atoms with Gasteiger partial charge in [0.2, 0.25) is 0 Å². The Balaban J connectivity index is 1.21. The second-order valence-corrected chi connectivity index (χ2v) is 8.11. The van der Waals surface area contributed by atoms with E-state index in [0.29, 0.717) is 24.1 Å². The van der Waals surface area contributed by atoms with Gasteiger partial charge in [-0.1, -0.05) is 6.58 Å². The van der Waals surface area contributed by atoms with Gasteiger partial charge in [-0.05, 0) is 43.0 Å². The Labute approximate surface area is 185 Å². The van der Waals surface area contributed by atoms with E-state index in [-0.39, 0.29) is 11.9 Å². The van der Waals surface area contributed by atoms with E-state index in [1.54, 1.807) is 23.5 Å². The van der Waals surface area contributed by atoms with Gasteiger partial charge in [0.15, 0.2) is 0 Å². The highest BCUT2D eigenvalue weighted by atomic mass is 16.2. The standard InChI is InChI=1S/C24H23N7O/c1-17(3-2-11-30-21-6-4-18(14-25)13-20(21)15-28-30)24(32)31-22(8-9-27-31)19-5-7-23-26-10-12-29(23)16-19/h4,6,9-10,12-13,15-16,22H,1-3,5,7-8,11H2. The number of rotatable bonds is 6. The number of aryl methyl sites for hydroxylation is 2. The highest BCUT2D eigenvalue weighted by molar-refractivity contribution is 5.94. The number of nitriles is 1. The van der Waals surface area contributed by atoms with Gasteiger partial charge in [0, 0.05) is 55.2 Å². The maximum absolute atomic E-state index is 13.1. The van der Waals surface area contributed by atoms with Crippen molar-refractivity contribution in [2.45, 2.75) is 44.7 Å². The maximum Gasteiger partial charge on any atom is 0.269 e. The number of carbonyl (C=O) groups excluding carboxylic acids is 1. The molecule has 0 radical (unpaired) electrons. The van der Waals surface area contributed by atoms with Crippen LogP contribution in [0.1, 0.15) is 37.1 Å². The topological polar surface area (TPSA) is 92.1 Å². The van der Waals surface area contributed by atoms with Crippen molar-refractivity contribution >= 4 is 29.2 Å². The molecular weight excluding hydrogens is 402 g/mol. The van der Waals surface area contributed by atoms with Crippen LogP contribution in [0, 0.1) is 11.3 Å². The fourth-order valence-corrected chi connectivity index (χ4v) is 4.37. The fourth-order valence-electron chi connectivity index (χ4n) is 4.37. The molecule has 1 unspecified atom stereocenters. The zero-order valence-corrected chi connectivity index (χ0v) is 17.7. The molecule has 2 aliphatic heterocycles. The number of hydrazone groups is 1. The molecule has 0 N–H and O–H groups in total. The van der Waals surface area contributed by atoms with Crippen molar-refractivity contribution in [2.24, 2.45) is 5.10 Å². The van der Waals surface area contributed by atoms with Gasteiger partial charge in [-0.25, -0.2) is 9.99 Å². The lowest BCUT2D eigenvalue weighted by Gasteiger charge is -2.27. The van der Waals surface area contributed by atoms with E-state index in [0.717, 1.165) is 42.4 Å². The van der Waals surface area contributed by atoms with Crippen LogP contribution < -0.4 is 0 Å². The summed E-state index contributed by atoms with van der Waals surface area (Å²) in [5, 5.41) is 20.4. The van der Waals surface area contributed by atoms with E-state index in [4.69, 9.17) is 5.26 Å². The Morgan fingerprint density at radius 1 is 1.31 bits per heavy atom. The van der Waals surface area contributed by atoms with Gasteiger partial charge in [-0.2, -0.15) is 15.5 Å². The van der Waals surface area contributed by atoms with E-state index in [1.807, 2.05) is 33.8 Å². The molecule has 0 spiro atoms. The maximum atomic E-state index is 13.1. The molecular formula is C24H23N7O. The minimum Gasteiger partial charge on any atom is -0.311 e. The van der Waals surface area contributed by atoms with Crippen LogP contribution in [-0.2, 0) is 17.8 Å². The molecule has 2 aromatic heterocycles. The first-order valence-corrected chi connectivity index (χ1v) is 10.8. The Kier molecular flexibility index (Phi) is 5.15. The summed E-state index contributed by atoms with van der Waals surface area (Å²) in [5.74, 6) is 0.926. The monoisotopic (exact) mass is 425 g/mol. The first-order valence-electron chi connectivity index (χ1n) is 10.8. The number of carbonyl (C=O) groups is 1. The van der Waals surface area contributed by atoms with Crippen LogP contribution in [0.4, 0.5) is 0 Å². The largest absolute Gasteiger partial charge is 0.311 e. The molecule has 1 atom stereocenters. The number of nitrogens with zero attached hydrogens (tertiary/aromatic N) is 7. The van der Waals surface area contributed by atoms with Gasteiger partial charge in [0.25, 0.3) is 5.91 Å². The van der Waals surface area contributed by atoms with Crippen molar-refractivity contribution in [1.82, 2.24) is 24.3 Å². The summed E-state index contributed by atoms with van der Waals surface area (Å²) in [5.41, 5.74) is 3.34. The molecule has 4 heterocycles. The molecule has 32 heavy (non-hydrogen) atoms. The van der Waals surface area contributed by atoms with Crippen molar-refractivity contribution in [3.63, 3.8) is 0 Å². The number of fused-ring (bicyclic) bond motifs is 2. The molecule has 0 bridgehead atoms. The summed E-state index contributed by atoms with van der Waals surface area (Å²) in [6.07, 6.45) is 13.2. The number of benzene rings is 1. The van der Waals surface area contributed by atoms with Crippen molar-refractivity contribution in [2.75, 3.05) is 0 Å². The van der Waals surface area contributed by atoms with E-state index < -0.39 is 0 Å². The van der Waals surface area contributed by atoms with Gasteiger partial charge in [-0.15, -0.1) is 0 Å². The normalized spacial score (nSPS) is 17.3. The van der Waals surface area contributed by atoms with Crippen LogP contribution in [0.2, 0.25) is 0 Å². The average molecular weight is 425 g/mol. The summed E-state index contributed by atoms with van der Waals surface area (Å²) < 4.78 is 3.93. The molecule has 1 amide bonds. The van der Waals surface area contributed by atoms with Crippen molar-refractivity contribution in [3.8, 4) is 6.07 Å². The van der Waals surface area contributed by atoms with Gasteiger partial charge >= 0.3 is 0 Å². The first-order chi connectivity index (χ1) is 15.6. The number of hydrogen-bond donors (Lipinski definition) is 0. The lowest BCUT2D eigenvalue weighted by molar-refractivity contribution is -0.128. The minimum atomic E-state index is -0.120. The highest BCUT2D eigenvalue weighted by Crippen LogP contribution is 2.28. The number of imidazole rings is 1. The lowest BCUT2D eigenvalue weighted by atomic mass is 9.98. The summed E-state index contributed by atoms with van der Waals surface area (Å²) in [7, 11) is 0. The van der Waals surface area contributed by atoms with Gasteiger partial charge in [0.1, 0.15) is 5.82 Å². The molecule has 160 valence electrons. The third-order valence-corrected chi connectivity index (χ3v) is 6.08. The van der Waals surface area contributed by atoms with Crippen LogP contribution in [0.5, 0.6) is 0 Å². The average Bonchev–Trinajstić information content (AvgIpc) is 3.56. The molecule has 8 heteroatoms. The fraction of sp³-hybridized carbons (Fsp3) is 0.292. The number of hydrogen-bond acceptors (Lipinski definition) is 5. The summed E-state index contributed by atoms with van der Waals surface area (Å²) in [6.45, 7) is 4.71. The van der Waals surface area contributed by atoms with E-state index in [9.17, 15) is 4.79 Å². The number of aromatic nitrogens is 4. The third-order valence-electron chi connectivity index (χ3n) is 6.08. The quantitative estimate of drug-likeness (QED) is 0.565. The molecule has 1 aromatic carbocycles. The van der Waals surface area contributed by atoms with Crippen LogP contribution in [0.3, 0.4) is 0 Å². The Bertz CT molecular complexity index is 1300. The second-order valence-electron chi connectivity index (χ2n) is 8.11. The zero-order valence-electron chi connectivity index (χ0n) is 17.7. The molecule has 2 aliphatic rings. The first kappa shape index (κ1) is 19.9. The summed E-state index contributed by atoms with van der Waals surface area (Å²) >= 11 is 0. The Hall–Kier alpha value is -3.99. The van der Waals surface area contributed by atoms with E-state index in [2.05, 4.69) is 34.0 Å². The smallest absolute Gasteiger partial charge is 0.269 e. The predicted octanol–water partition coefficient (Wildman–Crippen LogP) is 3.51. The molecule has 0 saturated heterocycles. The van der Waals surface area contributed by atoms with Crippen LogP contribution in [0.15, 0.2) is 59.6 Å². The highest BCUT2D eigenvalue weighted by Gasteiger charge is 2.32. The minimum absolute atomic E-state index is 0.0563. The molecule has 0 fully saturated rings. The zero-order chi connectivity index (χ0) is 22.1. The van der Waals surface area contributed by atoms with Crippen molar-refractivity contribution < 1.29 is 4.79 Å². The van der Waals surface area contributed by atoms with Crippen LogP contribution in [-0.4, -0.2) is 42.5 Å². The van der Waals surface area contributed by atoms with Gasteiger partial charge < -0.3 is 4.57 Å². The summed E-state index contributed by atoms with van der Waals surface area (Å²) in [4.78, 5) is 17.4. The third kappa shape index (κ3) is 3.62. The van der Waals surface area contributed by atoms with Crippen LogP contribution in [0.25, 0.3) is 17.1 Å². The molecule has 0 aliphatic carbocycles. The van der Waals surface area contributed by atoms with Gasteiger partial charge in [-0.3, -0.25) is 9.48 Å². The lowest BCUT2D eigenvalue weighted by Crippen LogP contribution is -2.35. The van der Waals surface area contributed by atoms with Crippen molar-refractivity contribution in [1.29, 1.82) is 5.26 Å². The molecule has 5 rings (SSSR count). The van der Waals surface area contributed by atoms with E-state index in [1.165, 1.54) is 5.57 Å². The van der Waals surface area contributed by atoms with Crippen molar-refractivity contribution in [3.05, 3.63) is 65.9 Å². The molecule has 0 saturated carbocycles. The predicted molar refractivity (Wildman–Crippen MR) is 121 cm³/mol. The molecule has 8 nitrogen and oxygen atoms in total. The van der Waals surface area contributed by atoms with E-state index >= 15 is 0 Å². The number of amides is 1. The molecule has 3 aromatic rings. The Morgan fingerprint density at radius 3 is 3.09 bits per heavy atom. The SMILES string of the molecule is C=C(CCCn1ncc2cc(C#N)ccc21)C(=O)N1N=CCC1C1=Cn2ccnc2CC1. The Morgan fingerprint density at radius 2 is 2.22 bits per heavy atom. The second kappa shape index (κ2) is 8.27. The summed E-state index contributed by atoms with van der Waals surface area (Å²) in [6, 6.07) is 7.63. The van der Waals surface area contributed by atoms with Gasteiger partial charge in [0.05, 0.1) is 29.4 Å². The van der Waals surface area contributed by atoms with Crippen LogP contribution >= 0.6 is 0 Å².